The lowest BCUT2D eigenvalue weighted by atomic mass is 10.1. The molecule has 0 saturated carbocycles. The summed E-state index contributed by atoms with van der Waals surface area (Å²) < 4.78 is 13.9. The van der Waals surface area contributed by atoms with Crippen molar-refractivity contribution in [3.8, 4) is 0 Å². The van der Waals surface area contributed by atoms with Gasteiger partial charge in [0, 0.05) is 24.7 Å². The highest BCUT2D eigenvalue weighted by molar-refractivity contribution is 5.81. The number of guanidine groups is 1. The second-order valence-corrected chi connectivity index (χ2v) is 5.25. The van der Waals surface area contributed by atoms with Gasteiger partial charge in [0.15, 0.2) is 5.96 Å². The number of aliphatic imine (C=N–C) groups is 1. The van der Waals surface area contributed by atoms with Crippen LogP contribution in [0.1, 0.15) is 18.1 Å². The Bertz CT molecular complexity index is 471. The van der Waals surface area contributed by atoms with Gasteiger partial charge in [-0.25, -0.2) is 4.39 Å². The molecule has 4 nitrogen and oxygen atoms in total. The Labute approximate surface area is 113 Å². The molecule has 1 atom stereocenters. The number of nitrogens with zero attached hydrogens (tertiary/aromatic N) is 2. The van der Waals surface area contributed by atoms with Crippen LogP contribution < -0.4 is 10.6 Å². The number of hydrogen-bond acceptors (Lipinski definition) is 4. The lowest BCUT2D eigenvalue weighted by Crippen LogP contribution is -2.37. The van der Waals surface area contributed by atoms with Gasteiger partial charge in [0.1, 0.15) is 5.82 Å². The Morgan fingerprint density at radius 3 is 2.84 bits per heavy atom. The van der Waals surface area contributed by atoms with Gasteiger partial charge in [-0.3, -0.25) is 4.99 Å². The summed E-state index contributed by atoms with van der Waals surface area (Å²) in [6.45, 7) is 4.06. The van der Waals surface area contributed by atoms with E-state index in [-0.39, 0.29) is 5.82 Å². The third kappa shape index (κ3) is 3.92. The van der Waals surface area contributed by atoms with Gasteiger partial charge in [0.2, 0.25) is 0 Å². The van der Waals surface area contributed by atoms with Crippen molar-refractivity contribution in [1.29, 1.82) is 0 Å². The van der Waals surface area contributed by atoms with Crippen LogP contribution in [0.5, 0.6) is 0 Å². The first kappa shape index (κ1) is 13.8. The van der Waals surface area contributed by atoms with E-state index in [1.54, 1.807) is 6.07 Å². The van der Waals surface area contributed by atoms with Gasteiger partial charge in [-0.05, 0) is 32.6 Å². The van der Waals surface area contributed by atoms with Gasteiger partial charge in [-0.15, -0.1) is 0 Å². The molecule has 2 rings (SSSR count). The number of halogens is 1. The van der Waals surface area contributed by atoms with Crippen molar-refractivity contribution in [2.45, 2.75) is 26.1 Å². The largest absolute Gasteiger partial charge is 0.352 e. The molecule has 1 unspecified atom stereocenters. The van der Waals surface area contributed by atoms with E-state index in [4.69, 9.17) is 0 Å². The second kappa shape index (κ2) is 6.02. The summed E-state index contributed by atoms with van der Waals surface area (Å²) in [6.07, 6.45) is 0. The zero-order valence-corrected chi connectivity index (χ0v) is 11.7. The minimum Gasteiger partial charge on any atom is -0.352 e. The average molecular weight is 264 g/mol. The fraction of sp³-hybridized carbons (Fsp3) is 0.500. The summed E-state index contributed by atoms with van der Waals surface area (Å²) in [5.41, 5.74) is 1.64. The van der Waals surface area contributed by atoms with E-state index in [1.165, 1.54) is 0 Å². The van der Waals surface area contributed by atoms with Crippen molar-refractivity contribution in [1.82, 2.24) is 15.5 Å². The van der Waals surface area contributed by atoms with Crippen LogP contribution in [0.15, 0.2) is 23.2 Å². The number of nitrogens with one attached hydrogen (secondary N) is 2. The number of benzene rings is 1. The smallest absolute Gasteiger partial charge is 0.191 e. The van der Waals surface area contributed by atoms with Crippen LogP contribution >= 0.6 is 0 Å². The first-order chi connectivity index (χ1) is 9.04. The van der Waals surface area contributed by atoms with Gasteiger partial charge < -0.3 is 15.5 Å². The van der Waals surface area contributed by atoms with Crippen molar-refractivity contribution in [2.24, 2.45) is 4.99 Å². The fourth-order valence-electron chi connectivity index (χ4n) is 2.02. The molecule has 5 heteroatoms. The molecule has 1 aromatic carbocycles. The van der Waals surface area contributed by atoms with Crippen LogP contribution in [0.25, 0.3) is 0 Å². The quantitative estimate of drug-likeness (QED) is 0.862. The van der Waals surface area contributed by atoms with E-state index in [0.29, 0.717) is 19.1 Å². The van der Waals surface area contributed by atoms with Crippen molar-refractivity contribution >= 4 is 5.96 Å². The normalized spacial score (nSPS) is 18.4. The van der Waals surface area contributed by atoms with Crippen LogP contribution in [0, 0.1) is 5.82 Å². The Hall–Kier alpha value is -1.62. The van der Waals surface area contributed by atoms with Crippen LogP contribution in [0.4, 0.5) is 4.39 Å². The Kier molecular flexibility index (Phi) is 4.37. The third-order valence-corrected chi connectivity index (χ3v) is 2.97. The van der Waals surface area contributed by atoms with E-state index in [2.05, 4.69) is 22.5 Å². The topological polar surface area (TPSA) is 39.7 Å². The maximum Gasteiger partial charge on any atom is 0.191 e. The Balaban J connectivity index is 1.93. The fourth-order valence-corrected chi connectivity index (χ4v) is 2.02. The van der Waals surface area contributed by atoms with Gasteiger partial charge in [-0.2, -0.15) is 0 Å². The molecule has 0 saturated heterocycles. The molecule has 2 N–H and O–H groups in total. The predicted octanol–water partition coefficient (Wildman–Crippen LogP) is 1.32. The molecular formula is C14H21FN4. The zero-order chi connectivity index (χ0) is 13.8. The summed E-state index contributed by atoms with van der Waals surface area (Å²) in [6, 6.07) is 5.76. The molecule has 19 heavy (non-hydrogen) atoms. The minimum atomic E-state index is -0.150. The Morgan fingerprint density at radius 1 is 1.47 bits per heavy atom. The highest BCUT2D eigenvalue weighted by Gasteiger charge is 2.12. The van der Waals surface area contributed by atoms with E-state index < -0.39 is 0 Å². The molecule has 0 fully saturated rings. The molecule has 1 aromatic rings. The van der Waals surface area contributed by atoms with E-state index in [9.17, 15) is 4.39 Å². The van der Waals surface area contributed by atoms with Crippen LogP contribution in [0.3, 0.4) is 0 Å². The first-order valence-corrected chi connectivity index (χ1v) is 6.51. The summed E-state index contributed by atoms with van der Waals surface area (Å²) in [7, 11) is 3.86. The highest BCUT2D eigenvalue weighted by atomic mass is 19.1. The monoisotopic (exact) mass is 264 g/mol. The molecule has 0 aromatic heterocycles. The maximum atomic E-state index is 13.9. The molecule has 1 heterocycles. The van der Waals surface area contributed by atoms with Gasteiger partial charge >= 0.3 is 0 Å². The van der Waals surface area contributed by atoms with Crippen LogP contribution in [-0.4, -0.2) is 37.5 Å². The van der Waals surface area contributed by atoms with Gasteiger partial charge in [0.05, 0.1) is 6.54 Å². The second-order valence-electron chi connectivity index (χ2n) is 5.25. The van der Waals surface area contributed by atoms with Crippen molar-refractivity contribution < 1.29 is 4.39 Å². The molecule has 0 aliphatic carbocycles. The summed E-state index contributed by atoms with van der Waals surface area (Å²) in [4.78, 5) is 6.26. The molecule has 0 bridgehead atoms. The molecular weight excluding hydrogens is 243 g/mol. The van der Waals surface area contributed by atoms with Crippen molar-refractivity contribution in [2.75, 3.05) is 20.6 Å². The van der Waals surface area contributed by atoms with E-state index in [0.717, 1.165) is 23.6 Å². The molecule has 1 aliphatic rings. The number of rotatable bonds is 4. The third-order valence-electron chi connectivity index (χ3n) is 2.97. The predicted molar refractivity (Wildman–Crippen MR) is 75.5 cm³/mol. The lowest BCUT2D eigenvalue weighted by Gasteiger charge is -2.12. The van der Waals surface area contributed by atoms with Crippen molar-refractivity contribution in [3.63, 3.8) is 0 Å². The van der Waals surface area contributed by atoms with Gasteiger partial charge in [0.25, 0.3) is 0 Å². The summed E-state index contributed by atoms with van der Waals surface area (Å²) in [5.74, 6) is 0.646. The Morgan fingerprint density at radius 2 is 2.26 bits per heavy atom. The number of hydrogen-bond donors (Lipinski definition) is 2. The summed E-state index contributed by atoms with van der Waals surface area (Å²) >= 11 is 0. The first-order valence-electron chi connectivity index (χ1n) is 6.51. The standard InChI is InChI=1S/C14H21FN4/c1-10-7-16-14(18-10)17-8-11-4-5-12(9-19(2)3)13(15)6-11/h4-6,10H,7-9H2,1-3H3,(H2,16,17,18). The van der Waals surface area contributed by atoms with Crippen LogP contribution in [-0.2, 0) is 13.1 Å². The van der Waals surface area contributed by atoms with Gasteiger partial charge in [-0.1, -0.05) is 12.1 Å². The van der Waals surface area contributed by atoms with Crippen LogP contribution in [0.2, 0.25) is 0 Å². The molecule has 1 aliphatic heterocycles. The molecule has 0 spiro atoms. The molecule has 0 amide bonds. The SMILES string of the molecule is CC1CN=C(NCc2ccc(CN(C)C)c(F)c2)N1. The molecule has 0 radical (unpaired) electrons. The average Bonchev–Trinajstić information content (AvgIpc) is 2.75. The minimum absolute atomic E-state index is 0.150. The zero-order valence-electron chi connectivity index (χ0n) is 11.7. The summed E-state index contributed by atoms with van der Waals surface area (Å²) in [5, 5.41) is 6.39. The highest BCUT2D eigenvalue weighted by Crippen LogP contribution is 2.12. The van der Waals surface area contributed by atoms with Crippen molar-refractivity contribution in [3.05, 3.63) is 35.1 Å². The van der Waals surface area contributed by atoms with E-state index >= 15 is 0 Å². The molecule has 104 valence electrons. The lowest BCUT2D eigenvalue weighted by molar-refractivity contribution is 0.392. The maximum absolute atomic E-state index is 13.9. The van der Waals surface area contributed by atoms with E-state index in [1.807, 2.05) is 31.1 Å².